The molecular weight excluding hydrogens is 266 g/mol. The van der Waals surface area contributed by atoms with Crippen LogP contribution in [-0.2, 0) is 14.3 Å². The molecule has 4 unspecified atom stereocenters. The van der Waals surface area contributed by atoms with E-state index in [0.717, 1.165) is 25.2 Å². The lowest BCUT2D eigenvalue weighted by molar-refractivity contribution is -0.140. The maximum absolute atomic E-state index is 11.4. The molecule has 2 aliphatic rings. The van der Waals surface area contributed by atoms with Gasteiger partial charge in [-0.2, -0.15) is 0 Å². The zero-order valence-corrected chi connectivity index (χ0v) is 13.1. The third-order valence-electron chi connectivity index (χ3n) is 5.01. The van der Waals surface area contributed by atoms with Crippen LogP contribution in [0.4, 0.5) is 0 Å². The molecule has 0 saturated heterocycles. The van der Waals surface area contributed by atoms with Gasteiger partial charge in [-0.05, 0) is 56.3 Å². The summed E-state index contributed by atoms with van der Waals surface area (Å²) in [6.07, 6.45) is 11.6. The number of hydrogen-bond donors (Lipinski definition) is 1. The molecule has 2 aliphatic carbocycles. The molecule has 21 heavy (non-hydrogen) atoms. The first-order valence-electron chi connectivity index (χ1n) is 8.10. The quantitative estimate of drug-likeness (QED) is 0.446. The zero-order chi connectivity index (χ0) is 15.2. The molecule has 0 spiro atoms. The topological polar surface area (TPSA) is 55.4 Å². The molecule has 4 nitrogen and oxygen atoms in total. The Bertz CT molecular complexity index is 405. The number of esters is 1. The van der Waals surface area contributed by atoms with Gasteiger partial charge in [0.25, 0.3) is 0 Å². The van der Waals surface area contributed by atoms with Gasteiger partial charge in [-0.15, -0.1) is 0 Å². The van der Waals surface area contributed by atoms with Crippen molar-refractivity contribution in [2.75, 3.05) is 7.11 Å². The van der Waals surface area contributed by atoms with E-state index in [-0.39, 0.29) is 11.9 Å². The Kier molecular flexibility index (Phi) is 5.83. The van der Waals surface area contributed by atoms with Crippen molar-refractivity contribution >= 4 is 11.9 Å². The summed E-state index contributed by atoms with van der Waals surface area (Å²) < 4.78 is 4.62. The molecule has 2 rings (SSSR count). The van der Waals surface area contributed by atoms with Gasteiger partial charge in [0.2, 0.25) is 5.91 Å². The number of ether oxygens (including phenoxy) is 1. The van der Waals surface area contributed by atoms with Gasteiger partial charge in [0.1, 0.15) is 0 Å². The highest BCUT2D eigenvalue weighted by atomic mass is 16.5. The van der Waals surface area contributed by atoms with E-state index in [2.05, 4.69) is 22.2 Å². The van der Waals surface area contributed by atoms with Crippen molar-refractivity contribution in [1.29, 1.82) is 0 Å². The summed E-state index contributed by atoms with van der Waals surface area (Å²) in [5.41, 5.74) is 0. The van der Waals surface area contributed by atoms with Crippen LogP contribution >= 0.6 is 0 Å². The first-order chi connectivity index (χ1) is 10.1. The van der Waals surface area contributed by atoms with E-state index >= 15 is 0 Å². The Morgan fingerprint density at radius 1 is 1.24 bits per heavy atom. The number of methoxy groups -OCH3 is 1. The Hall–Kier alpha value is -1.32. The molecular formula is C17H27NO3. The Balaban J connectivity index is 1.73. The lowest BCUT2D eigenvalue weighted by Crippen LogP contribution is -2.42. The van der Waals surface area contributed by atoms with Crippen LogP contribution < -0.4 is 5.32 Å². The van der Waals surface area contributed by atoms with E-state index in [1.165, 1.54) is 26.4 Å². The highest BCUT2D eigenvalue weighted by molar-refractivity contribution is 5.73. The van der Waals surface area contributed by atoms with E-state index in [4.69, 9.17) is 0 Å². The number of fused-ring (bicyclic) bond motifs is 2. The number of allylic oxidation sites excluding steroid dienone is 2. The molecule has 1 amide bonds. The van der Waals surface area contributed by atoms with E-state index in [0.29, 0.717) is 24.3 Å². The molecule has 2 fully saturated rings. The van der Waals surface area contributed by atoms with Crippen LogP contribution in [0, 0.1) is 17.8 Å². The van der Waals surface area contributed by atoms with Crippen LogP contribution in [0.15, 0.2) is 12.2 Å². The molecule has 118 valence electrons. The largest absolute Gasteiger partial charge is 0.469 e. The first-order valence-corrected chi connectivity index (χ1v) is 8.10. The molecule has 2 saturated carbocycles. The van der Waals surface area contributed by atoms with E-state index < -0.39 is 0 Å². The maximum atomic E-state index is 11.4. The lowest BCUT2D eigenvalue weighted by atomic mass is 9.82. The minimum Gasteiger partial charge on any atom is -0.469 e. The van der Waals surface area contributed by atoms with Crippen LogP contribution in [0.2, 0.25) is 0 Å². The van der Waals surface area contributed by atoms with Crippen LogP contribution in [0.5, 0.6) is 0 Å². The molecule has 0 radical (unpaired) electrons. The fourth-order valence-corrected chi connectivity index (χ4v) is 4.05. The smallest absolute Gasteiger partial charge is 0.305 e. The fourth-order valence-electron chi connectivity index (χ4n) is 4.05. The van der Waals surface area contributed by atoms with Gasteiger partial charge in [0.15, 0.2) is 0 Å². The molecule has 0 aromatic carbocycles. The van der Waals surface area contributed by atoms with E-state index in [1.54, 1.807) is 6.92 Å². The van der Waals surface area contributed by atoms with Crippen molar-refractivity contribution in [1.82, 2.24) is 5.32 Å². The van der Waals surface area contributed by atoms with Crippen LogP contribution in [0.25, 0.3) is 0 Å². The number of amides is 1. The molecule has 1 N–H and O–H groups in total. The van der Waals surface area contributed by atoms with Gasteiger partial charge in [-0.1, -0.05) is 12.2 Å². The summed E-state index contributed by atoms with van der Waals surface area (Å²) in [6.45, 7) is 1.62. The molecule has 0 heterocycles. The van der Waals surface area contributed by atoms with Crippen molar-refractivity contribution in [3.05, 3.63) is 12.2 Å². The second kappa shape index (κ2) is 7.62. The number of rotatable bonds is 7. The van der Waals surface area contributed by atoms with Crippen molar-refractivity contribution in [2.45, 2.75) is 57.9 Å². The zero-order valence-electron chi connectivity index (χ0n) is 13.1. The SMILES string of the molecule is COC(=O)CCC/C=C\CC1C2CCC(C2)C1NC(C)=O. The number of hydrogen-bond acceptors (Lipinski definition) is 3. The van der Waals surface area contributed by atoms with Crippen molar-refractivity contribution in [3.8, 4) is 0 Å². The fraction of sp³-hybridized carbons (Fsp3) is 0.765. The second-order valence-corrected chi connectivity index (χ2v) is 6.40. The summed E-state index contributed by atoms with van der Waals surface area (Å²) >= 11 is 0. The molecule has 2 bridgehead atoms. The Morgan fingerprint density at radius 2 is 2.00 bits per heavy atom. The highest BCUT2D eigenvalue weighted by Gasteiger charge is 2.46. The number of carbonyl (C=O) groups excluding carboxylic acids is 2. The molecule has 0 aliphatic heterocycles. The van der Waals surface area contributed by atoms with Crippen LogP contribution in [0.3, 0.4) is 0 Å². The van der Waals surface area contributed by atoms with Crippen LogP contribution in [-0.4, -0.2) is 25.0 Å². The summed E-state index contributed by atoms with van der Waals surface area (Å²) in [5.74, 6) is 2.04. The number of nitrogens with one attached hydrogen (secondary N) is 1. The minimum atomic E-state index is -0.137. The average molecular weight is 293 g/mol. The molecule has 0 aromatic heterocycles. The molecule has 4 atom stereocenters. The van der Waals surface area contributed by atoms with Gasteiger partial charge in [-0.3, -0.25) is 9.59 Å². The molecule has 0 aromatic rings. The van der Waals surface area contributed by atoms with E-state index in [1.807, 2.05) is 0 Å². The summed E-state index contributed by atoms with van der Waals surface area (Å²) in [5, 5.41) is 3.16. The first kappa shape index (κ1) is 16.1. The monoisotopic (exact) mass is 293 g/mol. The number of carbonyl (C=O) groups is 2. The predicted molar refractivity (Wildman–Crippen MR) is 81.5 cm³/mol. The van der Waals surface area contributed by atoms with Gasteiger partial charge in [0.05, 0.1) is 7.11 Å². The highest BCUT2D eigenvalue weighted by Crippen LogP contribution is 2.49. The predicted octanol–water partition coefficient (Wildman–Crippen LogP) is 2.83. The van der Waals surface area contributed by atoms with Gasteiger partial charge in [-0.25, -0.2) is 0 Å². The summed E-state index contributed by atoms with van der Waals surface area (Å²) in [7, 11) is 1.43. The van der Waals surface area contributed by atoms with Crippen molar-refractivity contribution in [3.63, 3.8) is 0 Å². The van der Waals surface area contributed by atoms with Gasteiger partial charge >= 0.3 is 5.97 Å². The number of unbranched alkanes of at least 4 members (excludes halogenated alkanes) is 1. The summed E-state index contributed by atoms with van der Waals surface area (Å²) in [4.78, 5) is 22.4. The summed E-state index contributed by atoms with van der Waals surface area (Å²) in [6, 6.07) is 0.376. The van der Waals surface area contributed by atoms with Crippen LogP contribution in [0.1, 0.15) is 51.9 Å². The third kappa shape index (κ3) is 4.32. The standard InChI is InChI=1S/C17H27NO3/c1-12(19)18-17-14-10-9-13(11-14)15(17)7-5-3-4-6-8-16(20)21-2/h3,5,13-15,17H,4,6-11H2,1-2H3,(H,18,19)/b5-3-. The van der Waals surface area contributed by atoms with E-state index in [9.17, 15) is 9.59 Å². The molecule has 4 heteroatoms. The van der Waals surface area contributed by atoms with Crippen molar-refractivity contribution < 1.29 is 14.3 Å². The Morgan fingerprint density at radius 3 is 2.71 bits per heavy atom. The normalized spacial score (nSPS) is 30.8. The maximum Gasteiger partial charge on any atom is 0.305 e. The van der Waals surface area contributed by atoms with Gasteiger partial charge < -0.3 is 10.1 Å². The van der Waals surface area contributed by atoms with Gasteiger partial charge in [0, 0.05) is 19.4 Å². The second-order valence-electron chi connectivity index (χ2n) is 6.40. The lowest BCUT2D eigenvalue weighted by Gasteiger charge is -2.30. The average Bonchev–Trinajstić information content (AvgIpc) is 3.04. The Labute approximate surface area is 127 Å². The third-order valence-corrected chi connectivity index (χ3v) is 5.01. The van der Waals surface area contributed by atoms with Crippen molar-refractivity contribution in [2.24, 2.45) is 17.8 Å². The minimum absolute atomic E-state index is 0.0969.